The van der Waals surface area contributed by atoms with Gasteiger partial charge in [-0.2, -0.15) is 0 Å². The first-order chi connectivity index (χ1) is 10.0. The first kappa shape index (κ1) is 16.7. The molecule has 0 aliphatic carbocycles. The third-order valence-electron chi connectivity index (χ3n) is 2.79. The maximum absolute atomic E-state index is 11.7. The Morgan fingerprint density at radius 2 is 1.86 bits per heavy atom. The number of carboxylic acids is 1. The largest absolute Gasteiger partial charge is 0.481 e. The lowest BCUT2D eigenvalue weighted by Gasteiger charge is -2.07. The molecule has 2 amide bonds. The summed E-state index contributed by atoms with van der Waals surface area (Å²) in [7, 11) is 0. The fourth-order valence-corrected chi connectivity index (χ4v) is 1.79. The van der Waals surface area contributed by atoms with Crippen LogP contribution in [-0.4, -0.2) is 29.4 Å². The third-order valence-corrected chi connectivity index (χ3v) is 2.79. The second-order valence-electron chi connectivity index (χ2n) is 4.59. The predicted molar refractivity (Wildman–Crippen MR) is 79.2 cm³/mol. The van der Waals surface area contributed by atoms with E-state index in [2.05, 4.69) is 10.6 Å². The predicted octanol–water partition coefficient (Wildman–Crippen LogP) is 2.02. The van der Waals surface area contributed by atoms with Crippen molar-refractivity contribution in [2.75, 3.05) is 11.9 Å². The molecule has 0 aromatic heterocycles. The molecular weight excluding hydrogens is 272 g/mol. The van der Waals surface area contributed by atoms with Crippen LogP contribution in [0.25, 0.3) is 0 Å². The van der Waals surface area contributed by atoms with Gasteiger partial charge in [0.2, 0.25) is 5.91 Å². The fourth-order valence-electron chi connectivity index (χ4n) is 1.79. The maximum Gasteiger partial charge on any atom is 0.303 e. The van der Waals surface area contributed by atoms with Crippen LogP contribution in [0.5, 0.6) is 0 Å². The van der Waals surface area contributed by atoms with Crippen molar-refractivity contribution in [2.24, 2.45) is 0 Å². The molecule has 21 heavy (non-hydrogen) atoms. The van der Waals surface area contributed by atoms with Crippen LogP contribution in [0.4, 0.5) is 5.69 Å². The Balaban J connectivity index is 2.47. The number of carbonyl (C=O) groups excluding carboxylic acids is 2. The van der Waals surface area contributed by atoms with Gasteiger partial charge in [-0.25, -0.2) is 0 Å². The molecule has 0 aliphatic rings. The number of nitrogens with one attached hydrogen (secondary N) is 2. The summed E-state index contributed by atoms with van der Waals surface area (Å²) in [6, 6.07) is 6.69. The SMILES string of the molecule is CCNC(=O)c1cccc(NC(=O)CCCCC(=O)O)c1. The molecule has 0 radical (unpaired) electrons. The molecular formula is C15H20N2O4. The van der Waals surface area contributed by atoms with Gasteiger partial charge in [0, 0.05) is 30.6 Å². The molecule has 0 bridgehead atoms. The van der Waals surface area contributed by atoms with Crippen LogP contribution >= 0.6 is 0 Å². The minimum atomic E-state index is -0.856. The Kier molecular flexibility index (Phi) is 6.94. The average molecular weight is 292 g/mol. The van der Waals surface area contributed by atoms with Crippen LogP contribution in [0.1, 0.15) is 43.0 Å². The Bertz CT molecular complexity index is 514. The summed E-state index contributed by atoms with van der Waals surface area (Å²) in [5, 5.41) is 13.9. The summed E-state index contributed by atoms with van der Waals surface area (Å²) >= 11 is 0. The molecule has 114 valence electrons. The zero-order chi connectivity index (χ0) is 15.7. The molecule has 0 heterocycles. The molecule has 0 atom stereocenters. The Hall–Kier alpha value is -2.37. The molecule has 0 saturated heterocycles. The van der Waals surface area contributed by atoms with E-state index in [-0.39, 0.29) is 24.7 Å². The quantitative estimate of drug-likeness (QED) is 0.639. The van der Waals surface area contributed by atoms with Crippen molar-refractivity contribution in [3.8, 4) is 0 Å². The highest BCUT2D eigenvalue weighted by Gasteiger charge is 2.07. The standard InChI is InChI=1S/C15H20N2O4/c1-2-16-15(21)11-6-5-7-12(10-11)17-13(18)8-3-4-9-14(19)20/h5-7,10H,2-4,8-9H2,1H3,(H,16,21)(H,17,18)(H,19,20). The van der Waals surface area contributed by atoms with Crippen LogP contribution < -0.4 is 10.6 Å². The van der Waals surface area contributed by atoms with Crippen molar-refractivity contribution >= 4 is 23.5 Å². The summed E-state index contributed by atoms with van der Waals surface area (Å²) in [4.78, 5) is 33.7. The van der Waals surface area contributed by atoms with Crippen molar-refractivity contribution < 1.29 is 19.5 Å². The molecule has 1 rings (SSSR count). The van der Waals surface area contributed by atoms with E-state index in [1.807, 2.05) is 6.92 Å². The number of unbranched alkanes of at least 4 members (excludes halogenated alkanes) is 1. The topological polar surface area (TPSA) is 95.5 Å². The number of carbonyl (C=O) groups is 3. The summed E-state index contributed by atoms with van der Waals surface area (Å²) in [6.07, 6.45) is 1.33. The number of hydrogen-bond donors (Lipinski definition) is 3. The minimum Gasteiger partial charge on any atom is -0.481 e. The third kappa shape index (κ3) is 6.56. The Morgan fingerprint density at radius 3 is 2.52 bits per heavy atom. The van der Waals surface area contributed by atoms with E-state index in [4.69, 9.17) is 5.11 Å². The summed E-state index contributed by atoms with van der Waals surface area (Å²) in [5.74, 6) is -1.23. The van der Waals surface area contributed by atoms with Gasteiger partial charge in [-0.3, -0.25) is 14.4 Å². The smallest absolute Gasteiger partial charge is 0.303 e. The van der Waals surface area contributed by atoms with Crippen molar-refractivity contribution in [1.82, 2.24) is 5.32 Å². The second-order valence-corrected chi connectivity index (χ2v) is 4.59. The molecule has 0 unspecified atom stereocenters. The van der Waals surface area contributed by atoms with Crippen molar-refractivity contribution in [3.05, 3.63) is 29.8 Å². The van der Waals surface area contributed by atoms with Gasteiger partial charge in [0.25, 0.3) is 5.91 Å². The molecule has 6 heteroatoms. The summed E-state index contributed by atoms with van der Waals surface area (Å²) < 4.78 is 0. The van der Waals surface area contributed by atoms with Crippen LogP contribution in [0.2, 0.25) is 0 Å². The van der Waals surface area contributed by atoms with Crippen molar-refractivity contribution in [2.45, 2.75) is 32.6 Å². The van der Waals surface area contributed by atoms with E-state index in [9.17, 15) is 14.4 Å². The molecule has 0 spiro atoms. The number of carboxylic acid groups (broad SMARTS) is 1. The van der Waals surface area contributed by atoms with Crippen LogP contribution in [0.3, 0.4) is 0 Å². The lowest BCUT2D eigenvalue weighted by molar-refractivity contribution is -0.137. The van der Waals surface area contributed by atoms with Crippen molar-refractivity contribution in [3.63, 3.8) is 0 Å². The van der Waals surface area contributed by atoms with E-state index in [0.29, 0.717) is 30.6 Å². The molecule has 3 N–H and O–H groups in total. The maximum atomic E-state index is 11.7. The van der Waals surface area contributed by atoms with E-state index in [1.54, 1.807) is 24.3 Å². The van der Waals surface area contributed by atoms with Crippen LogP contribution in [0, 0.1) is 0 Å². The fraction of sp³-hybridized carbons (Fsp3) is 0.400. The first-order valence-corrected chi connectivity index (χ1v) is 6.93. The molecule has 0 fully saturated rings. The zero-order valence-electron chi connectivity index (χ0n) is 12.0. The monoisotopic (exact) mass is 292 g/mol. The second kappa shape index (κ2) is 8.73. The first-order valence-electron chi connectivity index (χ1n) is 6.93. The van der Waals surface area contributed by atoms with Gasteiger partial charge < -0.3 is 15.7 Å². The normalized spacial score (nSPS) is 9.95. The highest BCUT2D eigenvalue weighted by atomic mass is 16.4. The lowest BCUT2D eigenvalue weighted by Crippen LogP contribution is -2.22. The highest BCUT2D eigenvalue weighted by Crippen LogP contribution is 2.12. The number of benzene rings is 1. The summed E-state index contributed by atoms with van der Waals surface area (Å²) in [5.41, 5.74) is 1.04. The van der Waals surface area contributed by atoms with Gasteiger partial charge in [-0.05, 0) is 38.0 Å². The van der Waals surface area contributed by atoms with Gasteiger partial charge >= 0.3 is 5.97 Å². The van der Waals surface area contributed by atoms with E-state index in [0.717, 1.165) is 0 Å². The number of aliphatic carboxylic acids is 1. The lowest BCUT2D eigenvalue weighted by atomic mass is 10.1. The van der Waals surface area contributed by atoms with Crippen LogP contribution in [-0.2, 0) is 9.59 Å². The van der Waals surface area contributed by atoms with Crippen molar-refractivity contribution in [1.29, 1.82) is 0 Å². The average Bonchev–Trinajstić information content (AvgIpc) is 2.44. The highest BCUT2D eigenvalue weighted by molar-refractivity contribution is 5.97. The Morgan fingerprint density at radius 1 is 1.14 bits per heavy atom. The van der Waals surface area contributed by atoms with Gasteiger partial charge in [-0.1, -0.05) is 6.07 Å². The Labute approximate surface area is 123 Å². The minimum absolute atomic E-state index is 0.0694. The number of amides is 2. The van der Waals surface area contributed by atoms with Gasteiger partial charge in [-0.15, -0.1) is 0 Å². The van der Waals surface area contributed by atoms with E-state index in [1.165, 1.54) is 0 Å². The van der Waals surface area contributed by atoms with E-state index < -0.39 is 5.97 Å². The molecule has 6 nitrogen and oxygen atoms in total. The number of anilines is 1. The number of hydrogen-bond acceptors (Lipinski definition) is 3. The number of rotatable bonds is 8. The zero-order valence-corrected chi connectivity index (χ0v) is 12.0. The molecule has 0 aliphatic heterocycles. The molecule has 0 saturated carbocycles. The molecule has 1 aromatic rings. The van der Waals surface area contributed by atoms with Gasteiger partial charge in [0.15, 0.2) is 0 Å². The van der Waals surface area contributed by atoms with Gasteiger partial charge in [0.1, 0.15) is 0 Å². The van der Waals surface area contributed by atoms with Gasteiger partial charge in [0.05, 0.1) is 0 Å². The van der Waals surface area contributed by atoms with Crippen LogP contribution in [0.15, 0.2) is 24.3 Å². The molecule has 1 aromatic carbocycles. The summed E-state index contributed by atoms with van der Waals surface area (Å²) in [6.45, 7) is 2.37. The van der Waals surface area contributed by atoms with E-state index >= 15 is 0 Å².